The van der Waals surface area contributed by atoms with Crippen LogP contribution in [0.25, 0.3) is 6.08 Å². The van der Waals surface area contributed by atoms with Crippen LogP contribution in [-0.4, -0.2) is 17.7 Å². The van der Waals surface area contributed by atoms with Crippen molar-refractivity contribution in [3.05, 3.63) is 60.3 Å². The molecule has 0 bridgehead atoms. The molecule has 0 atom stereocenters. The third kappa shape index (κ3) is 5.20. The van der Waals surface area contributed by atoms with E-state index < -0.39 is 5.82 Å². The van der Waals surface area contributed by atoms with Crippen LogP contribution >= 0.6 is 12.6 Å². The van der Waals surface area contributed by atoms with Crippen LogP contribution in [0.2, 0.25) is 0 Å². The Morgan fingerprint density at radius 1 is 1.35 bits per heavy atom. The average Bonchev–Trinajstić information content (AvgIpc) is 2.66. The van der Waals surface area contributed by atoms with Crippen LogP contribution in [0.4, 0.5) is 10.1 Å². The van der Waals surface area contributed by atoms with Gasteiger partial charge in [-0.1, -0.05) is 13.0 Å². The first-order chi connectivity index (χ1) is 12.6. The molecular formula is C20H22FN3OS. The summed E-state index contributed by atoms with van der Waals surface area (Å²) in [6, 6.07) is 6.34. The maximum atomic E-state index is 14.1. The van der Waals surface area contributed by atoms with Gasteiger partial charge in [-0.05, 0) is 37.6 Å². The number of rotatable bonds is 7. The van der Waals surface area contributed by atoms with Crippen molar-refractivity contribution in [3.8, 4) is 11.5 Å². The average molecular weight is 371 g/mol. The first kappa shape index (κ1) is 19.7. The number of nitrogens with zero attached hydrogens (tertiary/aromatic N) is 2. The monoisotopic (exact) mass is 371 g/mol. The van der Waals surface area contributed by atoms with Gasteiger partial charge in [0.1, 0.15) is 5.75 Å². The molecule has 0 saturated carbocycles. The first-order valence-corrected chi connectivity index (χ1v) is 8.72. The summed E-state index contributed by atoms with van der Waals surface area (Å²) in [4.78, 5) is 9.16. The summed E-state index contributed by atoms with van der Waals surface area (Å²) in [6.45, 7) is 3.94. The zero-order valence-corrected chi connectivity index (χ0v) is 15.9. The van der Waals surface area contributed by atoms with Gasteiger partial charge in [0.25, 0.3) is 0 Å². The number of pyridine rings is 1. The molecule has 0 radical (unpaired) electrons. The molecule has 1 N–H and O–H groups in total. The summed E-state index contributed by atoms with van der Waals surface area (Å²) >= 11 is 4.49. The Bertz CT molecular complexity index is 847. The second kappa shape index (κ2) is 9.77. The highest BCUT2D eigenvalue weighted by Gasteiger charge is 2.10. The summed E-state index contributed by atoms with van der Waals surface area (Å²) in [6.07, 6.45) is 9.71. The van der Waals surface area contributed by atoms with E-state index in [2.05, 4.69) is 27.9 Å². The minimum Gasteiger partial charge on any atom is -0.453 e. The van der Waals surface area contributed by atoms with Gasteiger partial charge >= 0.3 is 0 Å². The van der Waals surface area contributed by atoms with E-state index in [0.717, 1.165) is 12.1 Å². The third-order valence-electron chi connectivity index (χ3n) is 3.54. The lowest BCUT2D eigenvalue weighted by atomic mass is 10.2. The number of thiol groups is 1. The van der Waals surface area contributed by atoms with E-state index in [0.29, 0.717) is 22.0 Å². The predicted octanol–water partition coefficient (Wildman–Crippen LogP) is 5.74. The quantitative estimate of drug-likeness (QED) is 0.482. The van der Waals surface area contributed by atoms with Crippen molar-refractivity contribution in [2.24, 2.45) is 4.99 Å². The highest BCUT2D eigenvalue weighted by Crippen LogP contribution is 2.32. The van der Waals surface area contributed by atoms with Crippen molar-refractivity contribution in [1.29, 1.82) is 0 Å². The maximum absolute atomic E-state index is 14.1. The van der Waals surface area contributed by atoms with Gasteiger partial charge in [-0.15, -0.1) is 12.6 Å². The van der Waals surface area contributed by atoms with Crippen molar-refractivity contribution in [1.82, 2.24) is 4.98 Å². The summed E-state index contributed by atoms with van der Waals surface area (Å²) in [5.41, 5.74) is 2.21. The number of ether oxygens (including phenoxy) is 1. The molecular weight excluding hydrogens is 349 g/mol. The second-order valence-electron chi connectivity index (χ2n) is 5.33. The van der Waals surface area contributed by atoms with Crippen molar-refractivity contribution < 1.29 is 9.13 Å². The molecule has 6 heteroatoms. The lowest BCUT2D eigenvalue weighted by molar-refractivity contribution is 0.433. The Hall–Kier alpha value is -2.60. The number of anilines is 1. The minimum absolute atomic E-state index is 0.129. The summed E-state index contributed by atoms with van der Waals surface area (Å²) < 4.78 is 19.8. The van der Waals surface area contributed by atoms with E-state index in [4.69, 9.17) is 4.74 Å². The fraction of sp³-hybridized carbons (Fsp3) is 0.200. The van der Waals surface area contributed by atoms with Crippen LogP contribution in [0.3, 0.4) is 0 Å². The van der Waals surface area contributed by atoms with Crippen molar-refractivity contribution in [3.63, 3.8) is 0 Å². The zero-order valence-electron chi connectivity index (χ0n) is 15.0. The van der Waals surface area contributed by atoms with Crippen LogP contribution in [0.5, 0.6) is 11.5 Å². The Morgan fingerprint density at radius 2 is 2.15 bits per heavy atom. The number of allylic oxidation sites excluding steroid dienone is 2. The molecule has 4 nitrogen and oxygen atoms in total. The van der Waals surface area contributed by atoms with E-state index >= 15 is 0 Å². The van der Waals surface area contributed by atoms with E-state index in [1.54, 1.807) is 37.6 Å². The van der Waals surface area contributed by atoms with E-state index in [1.807, 2.05) is 32.1 Å². The molecule has 2 aromatic rings. The first-order valence-electron chi connectivity index (χ1n) is 8.28. The van der Waals surface area contributed by atoms with Gasteiger partial charge in [0.15, 0.2) is 11.6 Å². The largest absolute Gasteiger partial charge is 0.453 e. The standard InChI is InChI=1S/C20H22FN3OS/c1-4-11-23-14(5-2)6-8-17-20(26)19(10-12-24-17)25-18-9-7-15(22-3)13-16(18)21/h4,6-13,22,26H,5H2,1-3H3/b8-6+,11-4-,23-14-. The van der Waals surface area contributed by atoms with Crippen molar-refractivity contribution >= 4 is 30.1 Å². The lowest BCUT2D eigenvalue weighted by Gasteiger charge is -2.11. The fourth-order valence-electron chi connectivity index (χ4n) is 2.11. The molecule has 0 spiro atoms. The minimum atomic E-state index is -0.453. The van der Waals surface area contributed by atoms with E-state index in [9.17, 15) is 4.39 Å². The van der Waals surface area contributed by atoms with Crippen LogP contribution in [-0.2, 0) is 0 Å². The SMILES string of the molecule is C\C=C/N=C(\C=C\c1nccc(Oc2ccc(NC)cc2F)c1S)CC. The zero-order chi connectivity index (χ0) is 18.9. The molecule has 1 heterocycles. The normalized spacial score (nSPS) is 12.1. The smallest absolute Gasteiger partial charge is 0.167 e. The summed E-state index contributed by atoms with van der Waals surface area (Å²) in [5, 5.41) is 2.88. The number of benzene rings is 1. The van der Waals surface area contributed by atoms with E-state index in [1.165, 1.54) is 6.07 Å². The maximum Gasteiger partial charge on any atom is 0.167 e. The molecule has 0 fully saturated rings. The molecule has 0 aliphatic rings. The highest BCUT2D eigenvalue weighted by atomic mass is 32.1. The predicted molar refractivity (Wildman–Crippen MR) is 109 cm³/mol. The van der Waals surface area contributed by atoms with Crippen LogP contribution in [0, 0.1) is 5.82 Å². The Labute approximate surface area is 158 Å². The fourth-order valence-corrected chi connectivity index (χ4v) is 2.36. The molecule has 1 aromatic carbocycles. The number of hydrogen-bond acceptors (Lipinski definition) is 5. The third-order valence-corrected chi connectivity index (χ3v) is 3.99. The lowest BCUT2D eigenvalue weighted by Crippen LogP contribution is -1.95. The molecule has 0 amide bonds. The number of aliphatic imine (C=N–C) groups is 1. The van der Waals surface area contributed by atoms with Gasteiger partial charge in [0, 0.05) is 43.0 Å². The molecule has 0 unspecified atom stereocenters. The molecule has 26 heavy (non-hydrogen) atoms. The molecule has 0 aliphatic carbocycles. The van der Waals surface area contributed by atoms with Crippen LogP contribution in [0.15, 0.2) is 58.7 Å². The number of aromatic nitrogens is 1. The number of halogens is 1. The number of hydrogen-bond donors (Lipinski definition) is 2. The summed E-state index contributed by atoms with van der Waals surface area (Å²) in [7, 11) is 1.73. The molecule has 2 rings (SSSR count). The Morgan fingerprint density at radius 3 is 2.81 bits per heavy atom. The summed E-state index contributed by atoms with van der Waals surface area (Å²) in [5.74, 6) is 0.108. The van der Waals surface area contributed by atoms with Crippen LogP contribution in [0.1, 0.15) is 26.0 Å². The molecule has 136 valence electrons. The van der Waals surface area contributed by atoms with E-state index in [-0.39, 0.29) is 5.75 Å². The van der Waals surface area contributed by atoms with Gasteiger partial charge in [0.2, 0.25) is 0 Å². The second-order valence-corrected chi connectivity index (χ2v) is 5.78. The van der Waals surface area contributed by atoms with Gasteiger partial charge in [-0.25, -0.2) is 4.39 Å². The molecule has 1 aromatic heterocycles. The van der Waals surface area contributed by atoms with Gasteiger partial charge in [0.05, 0.1) is 10.6 Å². The van der Waals surface area contributed by atoms with Gasteiger partial charge < -0.3 is 10.1 Å². The Kier molecular flexibility index (Phi) is 7.41. The molecule has 0 aliphatic heterocycles. The van der Waals surface area contributed by atoms with Gasteiger partial charge in [-0.3, -0.25) is 9.98 Å². The Balaban J connectivity index is 2.26. The highest BCUT2D eigenvalue weighted by molar-refractivity contribution is 7.80. The number of nitrogens with one attached hydrogen (secondary N) is 1. The topological polar surface area (TPSA) is 46.5 Å². The van der Waals surface area contributed by atoms with Crippen molar-refractivity contribution in [2.75, 3.05) is 12.4 Å². The van der Waals surface area contributed by atoms with Crippen LogP contribution < -0.4 is 10.1 Å². The van der Waals surface area contributed by atoms with Crippen molar-refractivity contribution in [2.45, 2.75) is 25.2 Å². The van der Waals surface area contributed by atoms with Gasteiger partial charge in [-0.2, -0.15) is 0 Å². The molecule has 0 saturated heterocycles.